The highest BCUT2D eigenvalue weighted by molar-refractivity contribution is 5.11. The van der Waals surface area contributed by atoms with Crippen molar-refractivity contribution < 1.29 is 0 Å². The van der Waals surface area contributed by atoms with Gasteiger partial charge in [0.25, 0.3) is 0 Å². The standard InChI is InChI=1S/C7H9N/c1-2-3-4-5-6-7-8/h3-6H,2H2,1H3. The number of nitrogens with zero attached hydrogens (tertiary/aromatic N) is 1. The maximum absolute atomic E-state index is 7.99. The molecular weight excluding hydrogens is 98.1 g/mol. The average molecular weight is 107 g/mol. The Hall–Kier alpha value is -1.03. The first-order valence-electron chi connectivity index (χ1n) is 2.63. The first kappa shape index (κ1) is 6.97. The molecule has 0 rings (SSSR count). The SMILES string of the molecule is CCC=CC=CC#N. The van der Waals surface area contributed by atoms with E-state index in [2.05, 4.69) is 6.92 Å². The summed E-state index contributed by atoms with van der Waals surface area (Å²) in [6, 6.07) is 1.89. The van der Waals surface area contributed by atoms with Gasteiger partial charge in [0.2, 0.25) is 0 Å². The number of hydrogen-bond acceptors (Lipinski definition) is 1. The fraction of sp³-hybridized carbons (Fsp3) is 0.286. The van der Waals surface area contributed by atoms with E-state index in [1.807, 2.05) is 18.2 Å². The van der Waals surface area contributed by atoms with Crippen molar-refractivity contribution in [3.05, 3.63) is 24.3 Å². The number of allylic oxidation sites excluding steroid dienone is 4. The predicted molar refractivity (Wildman–Crippen MR) is 34.2 cm³/mol. The van der Waals surface area contributed by atoms with Crippen LogP contribution in [0.4, 0.5) is 0 Å². The van der Waals surface area contributed by atoms with Gasteiger partial charge >= 0.3 is 0 Å². The van der Waals surface area contributed by atoms with E-state index in [0.29, 0.717) is 0 Å². The second-order valence-electron chi connectivity index (χ2n) is 1.32. The van der Waals surface area contributed by atoms with Gasteiger partial charge in [0.15, 0.2) is 0 Å². The van der Waals surface area contributed by atoms with Crippen molar-refractivity contribution in [2.75, 3.05) is 0 Å². The van der Waals surface area contributed by atoms with Gasteiger partial charge in [-0.2, -0.15) is 5.26 Å². The molecule has 42 valence electrons. The lowest BCUT2D eigenvalue weighted by molar-refractivity contribution is 1.22. The molecule has 0 aromatic carbocycles. The third-order valence-electron chi connectivity index (χ3n) is 0.654. The van der Waals surface area contributed by atoms with Gasteiger partial charge in [0.1, 0.15) is 0 Å². The second kappa shape index (κ2) is 5.97. The number of rotatable bonds is 2. The summed E-state index contributed by atoms with van der Waals surface area (Å²) in [4.78, 5) is 0. The summed E-state index contributed by atoms with van der Waals surface area (Å²) in [7, 11) is 0. The molecule has 0 aliphatic heterocycles. The maximum Gasteiger partial charge on any atom is 0.0912 e. The highest BCUT2D eigenvalue weighted by atomic mass is 14.2. The Morgan fingerprint density at radius 3 is 2.75 bits per heavy atom. The van der Waals surface area contributed by atoms with E-state index in [9.17, 15) is 0 Å². The lowest BCUT2D eigenvalue weighted by atomic mass is 10.4. The van der Waals surface area contributed by atoms with Crippen molar-refractivity contribution in [1.82, 2.24) is 0 Å². The van der Waals surface area contributed by atoms with Gasteiger partial charge in [-0.3, -0.25) is 0 Å². The largest absolute Gasteiger partial charge is 0.193 e. The van der Waals surface area contributed by atoms with Gasteiger partial charge in [-0.15, -0.1) is 0 Å². The lowest BCUT2D eigenvalue weighted by Crippen LogP contribution is -1.50. The van der Waals surface area contributed by atoms with E-state index in [0.717, 1.165) is 6.42 Å². The Balaban J connectivity index is 3.31. The van der Waals surface area contributed by atoms with Crippen LogP contribution in [-0.4, -0.2) is 0 Å². The van der Waals surface area contributed by atoms with Crippen LogP contribution < -0.4 is 0 Å². The summed E-state index contributed by atoms with van der Waals surface area (Å²) in [5.41, 5.74) is 0. The molecule has 0 saturated heterocycles. The van der Waals surface area contributed by atoms with Crippen LogP contribution >= 0.6 is 0 Å². The molecule has 0 amide bonds. The van der Waals surface area contributed by atoms with Crippen LogP contribution in [0.25, 0.3) is 0 Å². The Morgan fingerprint density at radius 2 is 2.25 bits per heavy atom. The highest BCUT2D eigenvalue weighted by Gasteiger charge is 1.60. The Morgan fingerprint density at radius 1 is 1.50 bits per heavy atom. The molecule has 0 unspecified atom stereocenters. The van der Waals surface area contributed by atoms with Crippen molar-refractivity contribution in [3.63, 3.8) is 0 Å². The molecule has 0 radical (unpaired) electrons. The first-order valence-corrected chi connectivity index (χ1v) is 2.63. The van der Waals surface area contributed by atoms with E-state index in [-0.39, 0.29) is 0 Å². The molecular formula is C7H9N. The zero-order valence-electron chi connectivity index (χ0n) is 4.96. The van der Waals surface area contributed by atoms with E-state index in [1.165, 1.54) is 6.08 Å². The summed E-state index contributed by atoms with van der Waals surface area (Å²) >= 11 is 0. The van der Waals surface area contributed by atoms with Crippen LogP contribution in [0.15, 0.2) is 24.3 Å². The van der Waals surface area contributed by atoms with Gasteiger partial charge < -0.3 is 0 Å². The van der Waals surface area contributed by atoms with E-state index in [1.54, 1.807) is 6.08 Å². The summed E-state index contributed by atoms with van der Waals surface area (Å²) < 4.78 is 0. The van der Waals surface area contributed by atoms with E-state index in [4.69, 9.17) is 5.26 Å². The van der Waals surface area contributed by atoms with Crippen LogP contribution in [0, 0.1) is 11.3 Å². The van der Waals surface area contributed by atoms with E-state index >= 15 is 0 Å². The topological polar surface area (TPSA) is 23.8 Å². The van der Waals surface area contributed by atoms with Gasteiger partial charge in [-0.05, 0) is 6.42 Å². The third kappa shape index (κ3) is 4.97. The number of hydrogen-bond donors (Lipinski definition) is 0. The Bertz CT molecular complexity index is 126. The Labute approximate surface area is 49.9 Å². The second-order valence-corrected chi connectivity index (χ2v) is 1.32. The zero-order valence-corrected chi connectivity index (χ0v) is 4.96. The molecule has 0 bridgehead atoms. The van der Waals surface area contributed by atoms with Crippen molar-refractivity contribution >= 4 is 0 Å². The molecule has 8 heavy (non-hydrogen) atoms. The quantitative estimate of drug-likeness (QED) is 0.391. The molecule has 0 aromatic rings. The summed E-state index contributed by atoms with van der Waals surface area (Å²) in [6.45, 7) is 2.05. The minimum Gasteiger partial charge on any atom is -0.193 e. The molecule has 0 spiro atoms. The normalized spacial score (nSPS) is 10.5. The molecule has 0 aliphatic rings. The van der Waals surface area contributed by atoms with Crippen molar-refractivity contribution in [3.8, 4) is 6.07 Å². The summed E-state index contributed by atoms with van der Waals surface area (Å²) in [6.07, 6.45) is 8.06. The third-order valence-corrected chi connectivity index (χ3v) is 0.654. The van der Waals surface area contributed by atoms with Crippen molar-refractivity contribution in [1.29, 1.82) is 5.26 Å². The maximum atomic E-state index is 7.99. The molecule has 0 aliphatic carbocycles. The lowest BCUT2D eigenvalue weighted by Gasteiger charge is -1.69. The smallest absolute Gasteiger partial charge is 0.0912 e. The first-order chi connectivity index (χ1) is 3.91. The van der Waals surface area contributed by atoms with Crippen LogP contribution in [0.1, 0.15) is 13.3 Å². The molecule has 0 atom stereocenters. The fourth-order valence-electron chi connectivity index (χ4n) is 0.313. The molecule has 0 fully saturated rings. The summed E-state index contributed by atoms with van der Waals surface area (Å²) in [5, 5.41) is 7.99. The summed E-state index contributed by atoms with van der Waals surface area (Å²) in [5.74, 6) is 0. The van der Waals surface area contributed by atoms with Crippen LogP contribution in [-0.2, 0) is 0 Å². The molecule has 0 aromatic heterocycles. The average Bonchev–Trinajstić information content (AvgIpc) is 1.81. The molecule has 1 heteroatoms. The monoisotopic (exact) mass is 107 g/mol. The minimum absolute atomic E-state index is 1.02. The minimum atomic E-state index is 1.02. The van der Waals surface area contributed by atoms with Crippen LogP contribution in [0.2, 0.25) is 0 Å². The van der Waals surface area contributed by atoms with Crippen molar-refractivity contribution in [2.45, 2.75) is 13.3 Å². The predicted octanol–water partition coefficient (Wildman–Crippen LogP) is 2.03. The molecule has 0 heterocycles. The fourth-order valence-corrected chi connectivity index (χ4v) is 0.313. The Kier molecular flexibility index (Phi) is 5.20. The van der Waals surface area contributed by atoms with Gasteiger partial charge in [0, 0.05) is 6.08 Å². The number of nitriles is 1. The van der Waals surface area contributed by atoms with Crippen LogP contribution in [0.5, 0.6) is 0 Å². The molecule has 1 nitrogen and oxygen atoms in total. The van der Waals surface area contributed by atoms with Gasteiger partial charge in [-0.25, -0.2) is 0 Å². The highest BCUT2D eigenvalue weighted by Crippen LogP contribution is 1.79. The van der Waals surface area contributed by atoms with Crippen molar-refractivity contribution in [2.24, 2.45) is 0 Å². The van der Waals surface area contributed by atoms with Gasteiger partial charge in [0.05, 0.1) is 6.07 Å². The van der Waals surface area contributed by atoms with Crippen LogP contribution in [0.3, 0.4) is 0 Å². The van der Waals surface area contributed by atoms with E-state index < -0.39 is 0 Å². The molecule has 0 N–H and O–H groups in total. The molecule has 0 saturated carbocycles. The van der Waals surface area contributed by atoms with Gasteiger partial charge in [-0.1, -0.05) is 25.2 Å². The zero-order chi connectivity index (χ0) is 6.24.